The van der Waals surface area contributed by atoms with E-state index >= 15 is 0 Å². The van der Waals surface area contributed by atoms with E-state index in [9.17, 15) is 4.79 Å². The van der Waals surface area contributed by atoms with Gasteiger partial charge in [0.05, 0.1) is 20.3 Å². The van der Waals surface area contributed by atoms with Crippen molar-refractivity contribution in [3.63, 3.8) is 0 Å². The molecule has 0 bridgehead atoms. The van der Waals surface area contributed by atoms with E-state index in [1.807, 2.05) is 30.3 Å². The van der Waals surface area contributed by atoms with E-state index in [1.165, 1.54) is 13.2 Å². The summed E-state index contributed by atoms with van der Waals surface area (Å²) in [4.78, 5) is 11.4. The molecule has 0 spiro atoms. The fraction of sp³-hybridized carbons (Fsp3) is 0.308. The molecule has 4 heteroatoms. The molecule has 0 heterocycles. The van der Waals surface area contributed by atoms with Gasteiger partial charge < -0.3 is 15.2 Å². The monoisotopic (exact) mass is 235 g/mol. The van der Waals surface area contributed by atoms with Crippen LogP contribution in [-0.2, 0) is 20.9 Å². The Hall–Kier alpha value is -1.65. The molecule has 0 aliphatic heterocycles. The molecule has 17 heavy (non-hydrogen) atoms. The molecule has 0 unspecified atom stereocenters. The van der Waals surface area contributed by atoms with Gasteiger partial charge in [-0.1, -0.05) is 36.4 Å². The van der Waals surface area contributed by atoms with Gasteiger partial charge in [-0.05, 0) is 5.56 Å². The molecule has 92 valence electrons. The summed E-state index contributed by atoms with van der Waals surface area (Å²) >= 11 is 0. The molecule has 1 rings (SSSR count). The van der Waals surface area contributed by atoms with Crippen LogP contribution in [0.15, 0.2) is 43.0 Å². The fourth-order valence-electron chi connectivity index (χ4n) is 1.30. The highest BCUT2D eigenvalue weighted by Crippen LogP contribution is 2.08. The normalized spacial score (nSPS) is 13.8. The smallest absolute Gasteiger partial charge is 0.332 e. The predicted molar refractivity (Wildman–Crippen MR) is 65.2 cm³/mol. The van der Waals surface area contributed by atoms with E-state index in [2.05, 4.69) is 11.3 Å². The Labute approximate surface area is 101 Å². The van der Waals surface area contributed by atoms with Gasteiger partial charge in [0.1, 0.15) is 0 Å². The Morgan fingerprint density at radius 1 is 1.47 bits per heavy atom. The van der Waals surface area contributed by atoms with Crippen molar-refractivity contribution >= 4 is 5.97 Å². The molecule has 0 amide bonds. The topological polar surface area (TPSA) is 61.5 Å². The number of rotatable bonds is 6. The summed E-state index contributed by atoms with van der Waals surface area (Å²) in [6.45, 7) is 3.95. The molecule has 1 aromatic carbocycles. The van der Waals surface area contributed by atoms with E-state index in [0.29, 0.717) is 6.61 Å². The first kappa shape index (κ1) is 13.4. The van der Waals surface area contributed by atoms with Crippen LogP contribution in [0.25, 0.3) is 0 Å². The van der Waals surface area contributed by atoms with E-state index < -0.39 is 11.5 Å². The number of hydrogen-bond acceptors (Lipinski definition) is 4. The first-order valence-corrected chi connectivity index (χ1v) is 5.25. The second-order valence-corrected chi connectivity index (χ2v) is 3.71. The first-order valence-electron chi connectivity index (χ1n) is 5.25. The Balaban J connectivity index is 2.49. The van der Waals surface area contributed by atoms with Crippen LogP contribution in [0, 0.1) is 0 Å². The molecular formula is C13H17NO3. The van der Waals surface area contributed by atoms with Gasteiger partial charge in [-0.25, -0.2) is 4.79 Å². The Morgan fingerprint density at radius 2 is 2.12 bits per heavy atom. The summed E-state index contributed by atoms with van der Waals surface area (Å²) in [6.07, 6.45) is 1.34. The molecular weight excluding hydrogens is 218 g/mol. The van der Waals surface area contributed by atoms with Crippen LogP contribution in [0.2, 0.25) is 0 Å². The molecule has 0 fully saturated rings. The minimum atomic E-state index is -1.29. The zero-order valence-electron chi connectivity index (χ0n) is 9.89. The molecule has 0 aliphatic carbocycles. The Bertz CT molecular complexity index is 378. The average Bonchev–Trinajstić information content (AvgIpc) is 2.38. The summed E-state index contributed by atoms with van der Waals surface area (Å²) in [6, 6.07) is 9.63. The summed E-state index contributed by atoms with van der Waals surface area (Å²) in [5, 5.41) is 0. The van der Waals surface area contributed by atoms with E-state index in [0.717, 1.165) is 5.56 Å². The predicted octanol–water partition coefficient (Wildman–Crippen LogP) is 1.26. The van der Waals surface area contributed by atoms with E-state index in [-0.39, 0.29) is 6.61 Å². The van der Waals surface area contributed by atoms with Crippen LogP contribution in [-0.4, -0.2) is 25.2 Å². The van der Waals surface area contributed by atoms with Crippen LogP contribution in [0.1, 0.15) is 5.56 Å². The zero-order valence-corrected chi connectivity index (χ0v) is 9.89. The van der Waals surface area contributed by atoms with Crippen molar-refractivity contribution in [2.75, 3.05) is 13.7 Å². The number of methoxy groups -OCH3 is 1. The van der Waals surface area contributed by atoms with Crippen LogP contribution < -0.4 is 5.73 Å². The van der Waals surface area contributed by atoms with Gasteiger partial charge in [0, 0.05) is 0 Å². The van der Waals surface area contributed by atoms with Crippen LogP contribution in [0.4, 0.5) is 0 Å². The molecule has 2 N–H and O–H groups in total. The van der Waals surface area contributed by atoms with E-state index in [4.69, 9.17) is 10.5 Å². The summed E-state index contributed by atoms with van der Waals surface area (Å²) in [7, 11) is 1.28. The highest BCUT2D eigenvalue weighted by molar-refractivity contribution is 5.83. The Morgan fingerprint density at radius 3 is 2.65 bits per heavy atom. The van der Waals surface area contributed by atoms with Crippen LogP contribution >= 0.6 is 0 Å². The molecule has 1 aromatic rings. The summed E-state index contributed by atoms with van der Waals surface area (Å²) in [5.41, 5.74) is 5.53. The third kappa shape index (κ3) is 3.69. The first-order chi connectivity index (χ1) is 8.12. The van der Waals surface area contributed by atoms with Gasteiger partial charge in [-0.3, -0.25) is 0 Å². The zero-order chi connectivity index (χ0) is 12.7. The lowest BCUT2D eigenvalue weighted by Crippen LogP contribution is -2.50. The number of ether oxygens (including phenoxy) is 2. The molecule has 0 aliphatic rings. The largest absolute Gasteiger partial charge is 0.467 e. The van der Waals surface area contributed by atoms with Crippen LogP contribution in [0.5, 0.6) is 0 Å². The molecule has 0 saturated heterocycles. The van der Waals surface area contributed by atoms with E-state index in [1.54, 1.807) is 0 Å². The van der Waals surface area contributed by atoms with Crippen molar-refractivity contribution in [3.8, 4) is 0 Å². The lowest BCUT2D eigenvalue weighted by Gasteiger charge is -2.22. The third-order valence-corrected chi connectivity index (χ3v) is 2.38. The quantitative estimate of drug-likeness (QED) is 0.595. The number of hydrogen-bond donors (Lipinski definition) is 1. The maximum atomic E-state index is 11.4. The van der Waals surface area contributed by atoms with Gasteiger partial charge in [0.2, 0.25) is 0 Å². The third-order valence-electron chi connectivity index (χ3n) is 2.38. The van der Waals surface area contributed by atoms with Crippen molar-refractivity contribution in [2.24, 2.45) is 5.73 Å². The fourth-order valence-corrected chi connectivity index (χ4v) is 1.30. The molecule has 4 nitrogen and oxygen atoms in total. The standard InChI is InChI=1S/C13H17NO3/c1-3-13(14,12(15)16-2)10-17-9-11-7-5-4-6-8-11/h3-8H,1,9-10,14H2,2H3/t13-/m0/s1. The second-order valence-electron chi connectivity index (χ2n) is 3.71. The highest BCUT2D eigenvalue weighted by atomic mass is 16.5. The van der Waals surface area contributed by atoms with Gasteiger partial charge in [-0.2, -0.15) is 0 Å². The number of benzene rings is 1. The minimum absolute atomic E-state index is 0.0397. The molecule has 0 saturated carbocycles. The molecule has 0 aromatic heterocycles. The second kappa shape index (κ2) is 6.18. The molecule has 0 radical (unpaired) electrons. The average molecular weight is 235 g/mol. The minimum Gasteiger partial charge on any atom is -0.467 e. The summed E-state index contributed by atoms with van der Waals surface area (Å²) in [5.74, 6) is -0.555. The van der Waals surface area contributed by atoms with Crippen molar-refractivity contribution in [1.29, 1.82) is 0 Å². The number of nitrogens with two attached hydrogens (primary N) is 1. The van der Waals surface area contributed by atoms with Crippen molar-refractivity contribution < 1.29 is 14.3 Å². The number of carbonyl (C=O) groups excluding carboxylic acids is 1. The lowest BCUT2D eigenvalue weighted by atomic mass is 10.0. The van der Waals surface area contributed by atoms with Gasteiger partial charge >= 0.3 is 5.97 Å². The number of esters is 1. The van der Waals surface area contributed by atoms with Crippen molar-refractivity contribution in [3.05, 3.63) is 48.6 Å². The van der Waals surface area contributed by atoms with Gasteiger partial charge in [0.25, 0.3) is 0 Å². The lowest BCUT2D eigenvalue weighted by molar-refractivity contribution is -0.147. The SMILES string of the molecule is C=C[C@](N)(COCc1ccccc1)C(=O)OC. The van der Waals surface area contributed by atoms with Crippen molar-refractivity contribution in [1.82, 2.24) is 0 Å². The van der Waals surface area contributed by atoms with Gasteiger partial charge in [-0.15, -0.1) is 6.58 Å². The van der Waals surface area contributed by atoms with Gasteiger partial charge in [0.15, 0.2) is 5.54 Å². The summed E-state index contributed by atoms with van der Waals surface area (Å²) < 4.78 is 10.00. The van der Waals surface area contributed by atoms with Crippen LogP contribution in [0.3, 0.4) is 0 Å². The maximum absolute atomic E-state index is 11.4. The highest BCUT2D eigenvalue weighted by Gasteiger charge is 2.32. The maximum Gasteiger partial charge on any atom is 0.332 e. The Kier molecular flexibility index (Phi) is 4.87. The number of carbonyl (C=O) groups is 1. The molecule has 1 atom stereocenters. The van der Waals surface area contributed by atoms with Crippen molar-refractivity contribution in [2.45, 2.75) is 12.1 Å².